The molecule has 2 aliphatic carbocycles. The molecule has 5 atom stereocenters. The van der Waals surface area contributed by atoms with Gasteiger partial charge in [0.25, 0.3) is 11.8 Å². The van der Waals surface area contributed by atoms with Crippen LogP contribution in [0.15, 0.2) is 102 Å². The highest BCUT2D eigenvalue weighted by Crippen LogP contribution is 2.58. The van der Waals surface area contributed by atoms with Gasteiger partial charge in [-0.1, -0.05) is 73.7 Å². The number of aromatic nitrogens is 3. The third-order valence-corrected chi connectivity index (χ3v) is 20.9. The summed E-state index contributed by atoms with van der Waals surface area (Å²) in [5.41, 5.74) is 6.85. The molecular weight excluding hydrogens is 1350 g/mol. The third-order valence-electron chi connectivity index (χ3n) is 20.9. The lowest BCUT2D eigenvalue weighted by atomic mass is 9.95. The van der Waals surface area contributed by atoms with Crippen molar-refractivity contribution in [2.45, 2.75) is 155 Å². The maximum absolute atomic E-state index is 14.5. The van der Waals surface area contributed by atoms with Crippen LogP contribution >= 0.6 is 0 Å². The van der Waals surface area contributed by atoms with Gasteiger partial charge < -0.3 is 70.1 Å². The first-order valence-electron chi connectivity index (χ1n) is 36.0. The number of methoxy groups -OCH3 is 2. The van der Waals surface area contributed by atoms with E-state index >= 15 is 0 Å². The Bertz CT molecular complexity index is 4410. The molecule has 5 aliphatic heterocycles. The van der Waals surface area contributed by atoms with E-state index in [4.69, 9.17) is 28.7 Å². The number of nitrogens with one attached hydrogen (secondary N) is 5. The predicted octanol–water partition coefficient (Wildman–Crippen LogP) is 8.16. The Morgan fingerprint density at radius 3 is 1.98 bits per heavy atom. The molecule has 552 valence electrons. The summed E-state index contributed by atoms with van der Waals surface area (Å²) in [4.78, 5) is 134. The van der Waals surface area contributed by atoms with E-state index in [9.17, 15) is 48.3 Å². The summed E-state index contributed by atoms with van der Waals surface area (Å²) in [6.45, 7) is 9.61. The van der Waals surface area contributed by atoms with Crippen LogP contribution in [0.5, 0.6) is 23.0 Å². The quantitative estimate of drug-likeness (QED) is 0.0279. The summed E-state index contributed by atoms with van der Waals surface area (Å²) < 4.78 is 31.6. The topological polar surface area (TPSA) is 336 Å². The Labute approximate surface area is 607 Å². The van der Waals surface area contributed by atoms with E-state index < -0.39 is 79.0 Å². The van der Waals surface area contributed by atoms with Crippen molar-refractivity contribution in [1.29, 1.82) is 0 Å². The van der Waals surface area contributed by atoms with Gasteiger partial charge in [0.05, 0.1) is 93.0 Å². The average molecular weight is 1440 g/mol. The minimum absolute atomic E-state index is 0.0171. The minimum atomic E-state index is -1.47. The second-order valence-corrected chi connectivity index (χ2v) is 29.1. The van der Waals surface area contributed by atoms with Crippen molar-refractivity contribution in [2.24, 2.45) is 21.7 Å². The molecule has 2 spiro atoms. The van der Waals surface area contributed by atoms with Gasteiger partial charge in [-0.05, 0) is 137 Å². The minimum Gasteiger partial charge on any atom is -0.493 e. The first kappa shape index (κ1) is 72.5. The van der Waals surface area contributed by atoms with Crippen LogP contribution in [0.2, 0.25) is 0 Å². The molecule has 2 saturated carbocycles. The van der Waals surface area contributed by atoms with Gasteiger partial charge in [-0.3, -0.25) is 43.3 Å². The van der Waals surface area contributed by atoms with E-state index in [1.165, 1.54) is 26.2 Å². The summed E-state index contributed by atoms with van der Waals surface area (Å²) in [7, 11) is 3.01. The van der Waals surface area contributed by atoms with Crippen molar-refractivity contribution in [2.75, 3.05) is 68.7 Å². The normalized spacial score (nSPS) is 18.7. The van der Waals surface area contributed by atoms with Crippen LogP contribution in [-0.2, 0) is 46.7 Å². The highest BCUT2D eigenvalue weighted by Gasteiger charge is 2.58. The number of aliphatic imine (C=N–C) groups is 1. The Morgan fingerprint density at radius 1 is 0.648 bits per heavy atom. The van der Waals surface area contributed by atoms with Gasteiger partial charge in [-0.15, -0.1) is 5.10 Å². The van der Waals surface area contributed by atoms with Crippen molar-refractivity contribution in [1.82, 2.24) is 46.1 Å². The smallest absolute Gasteiger partial charge is 0.416 e. The number of hydrogen-bond acceptors (Lipinski definition) is 18. The second kappa shape index (κ2) is 30.4. The highest BCUT2D eigenvalue weighted by molar-refractivity contribution is 6.07. The number of unbranched alkanes of at least 4 members (excludes halogenated alkanes) is 2. The Kier molecular flexibility index (Phi) is 21.0. The van der Waals surface area contributed by atoms with E-state index in [-0.39, 0.29) is 96.0 Å². The number of carbonyl (C=O) groups is 9. The van der Waals surface area contributed by atoms with E-state index in [0.717, 1.165) is 65.9 Å². The van der Waals surface area contributed by atoms with E-state index in [1.54, 1.807) is 67.2 Å². The number of para-hydroxylation sites is 1. The molecule has 0 bridgehead atoms. The number of ether oxygens (including phenoxy) is 5. The molecule has 6 aromatic rings. The third kappa shape index (κ3) is 15.5. The number of aliphatic hydroxyl groups excluding tert-OH is 1. The number of rotatable bonds is 26. The lowest BCUT2D eigenvalue weighted by Crippen LogP contribution is -2.55. The standard InChI is InChI=1S/C77H89N13O15/c1-44(2)67(83-65(93)39-80-64(92)38-79-63(91)23-24-66(94)86-40-48-15-9-10-16-51(48)68-69(90(45(3)4)85-84-68)52-17-11-12-18-56(52)86)71(96)81-46(5)70(95)82-49-21-19-47(20-22-49)41-105-75(100)89-57-34-62(60(102-7)32-54(57)73(98)88-43-77(27-28-77)36-58(88)74(89)99)104-30-14-8-13-29-103-61-33-55-53(31-59(61)101-6)72(97)87-42-76(25-26-76)35-50(87)37-78-55/h9-12,15-22,31-34,37,44-46,50,58,67,74,99H,8,13-14,23-30,35-36,38-43H2,1-7H3,(H,79,91)(H,80,92)(H,81,96)(H,82,95)(H,83,93)/t46-,50-,58-,67-,74-/m0/s1. The summed E-state index contributed by atoms with van der Waals surface area (Å²) in [6.07, 6.45) is 6.59. The fourth-order valence-corrected chi connectivity index (χ4v) is 14.7. The van der Waals surface area contributed by atoms with Gasteiger partial charge in [0.15, 0.2) is 29.2 Å². The van der Waals surface area contributed by atoms with Gasteiger partial charge in [-0.25, -0.2) is 14.4 Å². The van der Waals surface area contributed by atoms with Crippen LogP contribution in [0.1, 0.15) is 143 Å². The summed E-state index contributed by atoms with van der Waals surface area (Å²) >= 11 is 0. The number of nitrogens with zero attached hydrogens (tertiary/aromatic N) is 8. The van der Waals surface area contributed by atoms with E-state index in [0.29, 0.717) is 84.2 Å². The Balaban J connectivity index is 0.557. The van der Waals surface area contributed by atoms with Crippen LogP contribution in [0.3, 0.4) is 0 Å². The number of aliphatic hydroxyl groups is 1. The maximum Gasteiger partial charge on any atom is 0.416 e. The summed E-state index contributed by atoms with van der Waals surface area (Å²) in [6, 6.07) is 25.2. The zero-order valence-corrected chi connectivity index (χ0v) is 60.0. The van der Waals surface area contributed by atoms with Crippen molar-refractivity contribution in [3.63, 3.8) is 0 Å². The Hall–Kier alpha value is -10.9. The second-order valence-electron chi connectivity index (χ2n) is 29.1. The molecule has 7 aliphatic rings. The molecule has 0 unspecified atom stereocenters. The van der Waals surface area contributed by atoms with Gasteiger partial charge in [-0.2, -0.15) is 0 Å². The number of carbonyl (C=O) groups excluding carboxylic acids is 9. The Morgan fingerprint density at radius 2 is 1.29 bits per heavy atom. The fourth-order valence-electron chi connectivity index (χ4n) is 14.7. The molecule has 6 heterocycles. The summed E-state index contributed by atoms with van der Waals surface area (Å²) in [5.74, 6) is -2.89. The molecule has 0 radical (unpaired) electrons. The first-order valence-corrected chi connectivity index (χ1v) is 36.0. The fraction of sp³-hybridized carbons (Fsp3) is 0.455. The first-order chi connectivity index (χ1) is 50.5. The lowest BCUT2D eigenvalue weighted by Gasteiger charge is -2.31. The SMILES string of the molecule is COc1cc2c(cc1OCCCCCOc1cc3c(cc1OC)C(=O)N1CC4(CC4)C[C@H]1[C@H](O)N3C(=O)OCc1ccc(NC(=O)[C@H](C)NC(=O)[C@@H](NC(=O)CNC(=O)CNC(=O)CCC(=O)N3Cc4ccccc4-c4nnn(C(C)C)c4-c4ccccc43)C(C)C)cc1)N=C[C@@H]1CC3(CC3)CN1C2=O. The average Bonchev–Trinajstić information content (AvgIpc) is 1.58. The van der Waals surface area contributed by atoms with Crippen molar-refractivity contribution >= 4 is 82.3 Å². The monoisotopic (exact) mass is 1440 g/mol. The van der Waals surface area contributed by atoms with Crippen LogP contribution in [0.4, 0.5) is 27.5 Å². The molecular formula is C77H89N13O15. The van der Waals surface area contributed by atoms with Crippen LogP contribution in [0, 0.1) is 16.7 Å². The predicted molar refractivity (Wildman–Crippen MR) is 387 cm³/mol. The zero-order valence-electron chi connectivity index (χ0n) is 60.0. The highest BCUT2D eigenvalue weighted by atomic mass is 16.6. The van der Waals surface area contributed by atoms with Crippen molar-refractivity contribution in [3.05, 3.63) is 119 Å². The lowest BCUT2D eigenvalue weighted by molar-refractivity contribution is -0.132. The largest absolute Gasteiger partial charge is 0.493 e. The van der Waals surface area contributed by atoms with Crippen LogP contribution in [0.25, 0.3) is 22.5 Å². The molecule has 28 nitrogen and oxygen atoms in total. The van der Waals surface area contributed by atoms with Crippen molar-refractivity contribution < 1.29 is 71.9 Å². The van der Waals surface area contributed by atoms with Gasteiger partial charge >= 0.3 is 6.09 Å². The number of amides is 9. The molecule has 4 fully saturated rings. The molecule has 105 heavy (non-hydrogen) atoms. The molecule has 13 rings (SSSR count). The molecule has 2 saturated heterocycles. The van der Waals surface area contributed by atoms with Crippen LogP contribution in [-0.4, -0.2) is 173 Å². The summed E-state index contributed by atoms with van der Waals surface area (Å²) in [5, 5.41) is 34.2. The number of fused-ring (bicyclic) bond motifs is 9. The molecule has 5 aromatic carbocycles. The van der Waals surface area contributed by atoms with Crippen LogP contribution < -0.4 is 55.3 Å². The van der Waals surface area contributed by atoms with E-state index in [2.05, 4.69) is 36.9 Å². The van der Waals surface area contributed by atoms with Gasteiger partial charge in [0.1, 0.15) is 24.4 Å². The van der Waals surface area contributed by atoms with Gasteiger partial charge in [0.2, 0.25) is 35.4 Å². The molecule has 28 heteroatoms. The van der Waals surface area contributed by atoms with E-state index in [1.807, 2.05) is 78.2 Å². The molecule has 1 aromatic heterocycles. The molecule has 9 amide bonds. The maximum atomic E-state index is 14.5. The number of hydrogen-bond donors (Lipinski definition) is 6. The number of benzene rings is 5. The zero-order chi connectivity index (χ0) is 74.0. The number of anilines is 3. The van der Waals surface area contributed by atoms with Gasteiger partial charge in [0, 0.05) is 67.1 Å². The molecule has 6 N–H and O–H groups in total. The van der Waals surface area contributed by atoms with Crippen molar-refractivity contribution in [3.8, 4) is 45.5 Å².